The van der Waals surface area contributed by atoms with E-state index in [0.29, 0.717) is 19.4 Å². The molecule has 3 N–H and O–H groups in total. The number of urea groups is 1. The quantitative estimate of drug-likeness (QED) is 0.485. The molecule has 90 valence electrons. The van der Waals surface area contributed by atoms with Crippen molar-refractivity contribution in [1.82, 2.24) is 10.6 Å². The average Bonchev–Trinajstić information content (AvgIpc) is 2.66. The Labute approximate surface area is 94.9 Å². The lowest BCUT2D eigenvalue weighted by atomic mass is 10.1. The Hall–Kier alpha value is -1.52. The lowest BCUT2D eigenvalue weighted by Gasteiger charge is -2.12. The number of hydrogen-bond donors (Lipinski definition) is 3. The molecule has 1 aliphatic rings. The third-order valence-electron chi connectivity index (χ3n) is 2.75. The minimum absolute atomic E-state index is 0.00942. The van der Waals surface area contributed by atoms with Crippen molar-refractivity contribution in [2.45, 2.75) is 31.7 Å². The summed E-state index contributed by atoms with van der Waals surface area (Å²) < 4.78 is 0. The highest BCUT2D eigenvalue weighted by Crippen LogP contribution is 2.25. The van der Waals surface area contributed by atoms with Crippen molar-refractivity contribution in [2.24, 2.45) is 5.92 Å². The summed E-state index contributed by atoms with van der Waals surface area (Å²) in [6, 6.07) is -0.234. The van der Waals surface area contributed by atoms with E-state index in [1.54, 1.807) is 6.08 Å². The highest BCUT2D eigenvalue weighted by Gasteiger charge is 2.30. The van der Waals surface area contributed by atoms with E-state index < -0.39 is 5.97 Å². The van der Waals surface area contributed by atoms with Crippen LogP contribution in [0.5, 0.6) is 0 Å². The third kappa shape index (κ3) is 3.92. The van der Waals surface area contributed by atoms with Gasteiger partial charge in [-0.15, -0.1) is 6.58 Å². The molecule has 1 fully saturated rings. The maximum absolute atomic E-state index is 11.3. The first kappa shape index (κ1) is 12.5. The Kier molecular flexibility index (Phi) is 4.82. The van der Waals surface area contributed by atoms with Gasteiger partial charge in [0.05, 0.1) is 5.92 Å². The molecule has 1 saturated carbocycles. The molecule has 0 radical (unpaired) electrons. The molecule has 0 heterocycles. The lowest BCUT2D eigenvalue weighted by molar-refractivity contribution is -0.141. The molecule has 0 aromatic rings. The maximum Gasteiger partial charge on any atom is 0.315 e. The van der Waals surface area contributed by atoms with Gasteiger partial charge in [-0.3, -0.25) is 4.79 Å². The van der Waals surface area contributed by atoms with E-state index in [2.05, 4.69) is 17.2 Å². The van der Waals surface area contributed by atoms with Crippen molar-refractivity contribution in [1.29, 1.82) is 0 Å². The normalized spacial score (nSPS) is 23.8. The number of hydrogen-bond acceptors (Lipinski definition) is 2. The van der Waals surface area contributed by atoms with E-state index >= 15 is 0 Å². The molecule has 16 heavy (non-hydrogen) atoms. The largest absolute Gasteiger partial charge is 0.481 e. The third-order valence-corrected chi connectivity index (χ3v) is 2.75. The summed E-state index contributed by atoms with van der Waals surface area (Å²) in [7, 11) is 0. The maximum atomic E-state index is 11.3. The number of carboxylic acid groups (broad SMARTS) is 1. The number of carbonyl (C=O) groups excluding carboxylic acids is 1. The summed E-state index contributed by atoms with van der Waals surface area (Å²) >= 11 is 0. The first-order valence-corrected chi connectivity index (χ1v) is 5.51. The van der Waals surface area contributed by atoms with Crippen LogP contribution in [-0.4, -0.2) is 29.7 Å². The van der Waals surface area contributed by atoms with Gasteiger partial charge in [0.2, 0.25) is 0 Å². The first-order chi connectivity index (χ1) is 7.63. The van der Waals surface area contributed by atoms with Gasteiger partial charge in [0.25, 0.3) is 0 Å². The van der Waals surface area contributed by atoms with E-state index in [1.807, 2.05) is 0 Å². The molecule has 1 aliphatic carbocycles. The van der Waals surface area contributed by atoms with Gasteiger partial charge in [-0.1, -0.05) is 6.08 Å². The number of nitrogens with one attached hydrogen (secondary N) is 2. The van der Waals surface area contributed by atoms with E-state index in [1.165, 1.54) is 0 Å². The fraction of sp³-hybridized carbons (Fsp3) is 0.636. The zero-order chi connectivity index (χ0) is 12.0. The fourth-order valence-electron chi connectivity index (χ4n) is 1.86. The van der Waals surface area contributed by atoms with Crippen molar-refractivity contribution >= 4 is 12.0 Å². The van der Waals surface area contributed by atoms with Crippen molar-refractivity contribution in [3.05, 3.63) is 12.7 Å². The topological polar surface area (TPSA) is 78.4 Å². The molecule has 0 aromatic carbocycles. The molecule has 2 atom stereocenters. The summed E-state index contributed by atoms with van der Waals surface area (Å²) in [5.74, 6) is -1.07. The molecule has 1 rings (SSSR count). The predicted molar refractivity (Wildman–Crippen MR) is 60.1 cm³/mol. The molecule has 5 nitrogen and oxygen atoms in total. The molecule has 0 aliphatic heterocycles. The molecule has 5 heteroatoms. The second kappa shape index (κ2) is 6.15. The summed E-state index contributed by atoms with van der Waals surface area (Å²) in [5, 5.41) is 14.3. The Morgan fingerprint density at radius 3 is 2.75 bits per heavy atom. The zero-order valence-corrected chi connectivity index (χ0v) is 9.24. The van der Waals surface area contributed by atoms with Crippen molar-refractivity contribution < 1.29 is 14.7 Å². The number of amides is 2. The Bertz CT molecular complexity index is 278. The van der Waals surface area contributed by atoms with Gasteiger partial charge in [-0.2, -0.15) is 0 Å². The smallest absolute Gasteiger partial charge is 0.315 e. The predicted octanol–water partition coefficient (Wildman–Crippen LogP) is 1.11. The minimum atomic E-state index is -0.767. The van der Waals surface area contributed by atoms with E-state index in [-0.39, 0.29) is 18.0 Å². The standard InChI is InChI=1S/C11H18N2O3/c1-2-3-6-12-11(16)13-9-5-4-8(7-9)10(14)15/h2,8-9H,1,3-7H2,(H,14,15)(H2,12,13,16)/t8-,9+/m1/s1. The summed E-state index contributed by atoms with van der Waals surface area (Å²) in [4.78, 5) is 22.1. The van der Waals surface area contributed by atoms with E-state index in [4.69, 9.17) is 5.11 Å². The van der Waals surface area contributed by atoms with Crippen LogP contribution in [0, 0.1) is 5.92 Å². The Balaban J connectivity index is 2.20. The van der Waals surface area contributed by atoms with E-state index in [9.17, 15) is 9.59 Å². The second-order valence-corrected chi connectivity index (χ2v) is 4.02. The van der Waals surface area contributed by atoms with Crippen LogP contribution in [0.25, 0.3) is 0 Å². The molecule has 0 unspecified atom stereocenters. The number of carboxylic acids is 1. The van der Waals surface area contributed by atoms with Gasteiger partial charge in [0.1, 0.15) is 0 Å². The van der Waals surface area contributed by atoms with Gasteiger partial charge in [-0.25, -0.2) is 4.79 Å². The molecule has 0 spiro atoms. The van der Waals surface area contributed by atoms with Crippen LogP contribution < -0.4 is 10.6 Å². The average molecular weight is 226 g/mol. The highest BCUT2D eigenvalue weighted by atomic mass is 16.4. The van der Waals surface area contributed by atoms with Gasteiger partial charge in [0, 0.05) is 12.6 Å². The van der Waals surface area contributed by atoms with Crippen LogP contribution in [0.3, 0.4) is 0 Å². The van der Waals surface area contributed by atoms with Crippen LogP contribution in [-0.2, 0) is 4.79 Å². The van der Waals surface area contributed by atoms with Gasteiger partial charge < -0.3 is 15.7 Å². The fourth-order valence-corrected chi connectivity index (χ4v) is 1.86. The van der Waals surface area contributed by atoms with E-state index in [0.717, 1.165) is 12.8 Å². The van der Waals surface area contributed by atoms with Crippen molar-refractivity contribution in [3.8, 4) is 0 Å². The minimum Gasteiger partial charge on any atom is -0.481 e. The Morgan fingerprint density at radius 2 is 2.19 bits per heavy atom. The molecule has 0 aromatic heterocycles. The number of carbonyl (C=O) groups is 2. The van der Waals surface area contributed by atoms with Gasteiger partial charge >= 0.3 is 12.0 Å². The highest BCUT2D eigenvalue weighted by molar-refractivity contribution is 5.75. The summed E-state index contributed by atoms with van der Waals surface area (Å²) in [6.07, 6.45) is 4.38. The number of aliphatic carboxylic acids is 1. The monoisotopic (exact) mass is 226 g/mol. The zero-order valence-electron chi connectivity index (χ0n) is 9.24. The molecule has 0 bridgehead atoms. The summed E-state index contributed by atoms with van der Waals surface area (Å²) in [6.45, 7) is 4.11. The van der Waals surface area contributed by atoms with Gasteiger partial charge in [0.15, 0.2) is 0 Å². The van der Waals surface area contributed by atoms with Gasteiger partial charge in [-0.05, 0) is 25.7 Å². The van der Waals surface area contributed by atoms with Crippen LogP contribution in [0.15, 0.2) is 12.7 Å². The van der Waals surface area contributed by atoms with Crippen LogP contribution in [0.4, 0.5) is 4.79 Å². The Morgan fingerprint density at radius 1 is 1.44 bits per heavy atom. The van der Waals surface area contributed by atoms with Crippen LogP contribution in [0.2, 0.25) is 0 Å². The summed E-state index contributed by atoms with van der Waals surface area (Å²) in [5.41, 5.74) is 0. The SMILES string of the molecule is C=CCCNC(=O)N[C@H]1CC[C@@H](C(=O)O)C1. The van der Waals surface area contributed by atoms with Crippen LogP contribution >= 0.6 is 0 Å². The molecule has 0 saturated heterocycles. The number of rotatable bonds is 5. The molecular formula is C11H18N2O3. The lowest BCUT2D eigenvalue weighted by Crippen LogP contribution is -2.41. The van der Waals surface area contributed by atoms with Crippen molar-refractivity contribution in [2.75, 3.05) is 6.54 Å². The van der Waals surface area contributed by atoms with Crippen molar-refractivity contribution in [3.63, 3.8) is 0 Å². The first-order valence-electron chi connectivity index (χ1n) is 5.51. The van der Waals surface area contributed by atoms with Crippen LogP contribution in [0.1, 0.15) is 25.7 Å². The second-order valence-electron chi connectivity index (χ2n) is 4.02. The molecular weight excluding hydrogens is 208 g/mol. The molecule has 2 amide bonds.